The van der Waals surface area contributed by atoms with Crippen LogP contribution >= 0.6 is 12.2 Å². The summed E-state index contributed by atoms with van der Waals surface area (Å²) in [6, 6.07) is 5.85. The number of thiocarbonyl (C=S) groups is 1. The summed E-state index contributed by atoms with van der Waals surface area (Å²) in [5.41, 5.74) is 7.33. The fourth-order valence-corrected chi connectivity index (χ4v) is 1.95. The van der Waals surface area contributed by atoms with Crippen LogP contribution in [0.2, 0.25) is 0 Å². The van der Waals surface area contributed by atoms with Crippen molar-refractivity contribution in [3.05, 3.63) is 48.2 Å². The summed E-state index contributed by atoms with van der Waals surface area (Å²) in [7, 11) is 0. The number of hydrogen-bond acceptors (Lipinski definition) is 4. The molecule has 4 nitrogen and oxygen atoms in total. The molecular formula is C13H15N3OS. The van der Waals surface area contributed by atoms with E-state index < -0.39 is 0 Å². The van der Waals surface area contributed by atoms with Crippen LogP contribution in [0.15, 0.2) is 41.3 Å². The van der Waals surface area contributed by atoms with E-state index in [9.17, 15) is 0 Å². The zero-order valence-electron chi connectivity index (χ0n) is 10.1. The first kappa shape index (κ1) is 12.6. The first-order valence-electron chi connectivity index (χ1n) is 5.69. The monoisotopic (exact) mass is 261 g/mol. The second kappa shape index (κ2) is 5.64. The lowest BCUT2D eigenvalue weighted by Crippen LogP contribution is -2.21. The summed E-state index contributed by atoms with van der Waals surface area (Å²) in [6.45, 7) is 2.07. The molecule has 0 bridgehead atoms. The molecule has 2 aromatic rings. The molecule has 5 heteroatoms. The van der Waals surface area contributed by atoms with Crippen LogP contribution in [0.4, 0.5) is 5.69 Å². The van der Waals surface area contributed by atoms with Crippen LogP contribution in [-0.4, -0.2) is 16.0 Å². The second-order valence-electron chi connectivity index (χ2n) is 4.11. The van der Waals surface area contributed by atoms with Crippen molar-refractivity contribution >= 4 is 22.9 Å². The Kier molecular flexibility index (Phi) is 3.94. The van der Waals surface area contributed by atoms with Crippen molar-refractivity contribution in [2.24, 2.45) is 5.73 Å². The summed E-state index contributed by atoms with van der Waals surface area (Å²) in [4.78, 5) is 4.44. The van der Waals surface area contributed by atoms with Crippen LogP contribution in [-0.2, 0) is 6.42 Å². The Labute approximate surface area is 111 Å². The zero-order chi connectivity index (χ0) is 13.0. The van der Waals surface area contributed by atoms with Crippen LogP contribution < -0.4 is 11.1 Å². The summed E-state index contributed by atoms with van der Waals surface area (Å²) < 4.78 is 5.31. The van der Waals surface area contributed by atoms with Crippen molar-refractivity contribution in [2.75, 3.05) is 5.32 Å². The maximum Gasteiger partial charge on any atom is 0.106 e. The molecule has 94 valence electrons. The van der Waals surface area contributed by atoms with Gasteiger partial charge in [0.15, 0.2) is 0 Å². The molecule has 1 atom stereocenters. The lowest BCUT2D eigenvalue weighted by molar-refractivity contribution is 0.498. The Balaban J connectivity index is 2.07. The van der Waals surface area contributed by atoms with Crippen molar-refractivity contribution in [3.63, 3.8) is 0 Å². The predicted octanol–water partition coefficient (Wildman–Crippen LogP) is 2.35. The van der Waals surface area contributed by atoms with Crippen molar-refractivity contribution in [1.82, 2.24) is 4.98 Å². The fraction of sp³-hybridized carbons (Fsp3) is 0.231. The summed E-state index contributed by atoms with van der Waals surface area (Å²) in [5.74, 6) is 0.941. The maximum atomic E-state index is 5.67. The lowest BCUT2D eigenvalue weighted by atomic mass is 10.1. The highest BCUT2D eigenvalue weighted by atomic mass is 32.1. The number of nitrogens with one attached hydrogen (secondary N) is 1. The van der Waals surface area contributed by atoms with E-state index in [0.717, 1.165) is 23.4 Å². The maximum absolute atomic E-state index is 5.67. The van der Waals surface area contributed by atoms with E-state index in [1.165, 1.54) is 0 Å². The normalized spacial score (nSPS) is 12.1. The van der Waals surface area contributed by atoms with Crippen molar-refractivity contribution < 1.29 is 4.42 Å². The van der Waals surface area contributed by atoms with Gasteiger partial charge in [0, 0.05) is 24.2 Å². The number of anilines is 1. The Morgan fingerprint density at radius 2 is 2.39 bits per heavy atom. The molecule has 2 rings (SSSR count). The molecule has 2 aromatic heterocycles. The molecule has 0 fully saturated rings. The fourth-order valence-electron chi connectivity index (χ4n) is 1.77. The van der Waals surface area contributed by atoms with E-state index in [4.69, 9.17) is 22.4 Å². The summed E-state index contributed by atoms with van der Waals surface area (Å²) >= 11 is 5.01. The molecule has 0 spiro atoms. The average Bonchev–Trinajstić information content (AvgIpc) is 2.82. The molecule has 0 aliphatic heterocycles. The van der Waals surface area contributed by atoms with Crippen LogP contribution in [0.5, 0.6) is 0 Å². The van der Waals surface area contributed by atoms with Gasteiger partial charge in [-0.05, 0) is 25.1 Å². The minimum Gasteiger partial charge on any atom is -0.469 e. The van der Waals surface area contributed by atoms with Crippen LogP contribution in [0.3, 0.4) is 0 Å². The molecule has 3 N–H and O–H groups in total. The molecule has 0 aliphatic rings. The standard InChI is InChI=1S/C13H15N3OS/c1-9(7-10-3-2-6-17-10)16-12-8-15-5-4-11(12)13(14)18/h2-6,8-9,16H,7H2,1H3,(H2,14,18). The largest absolute Gasteiger partial charge is 0.469 e. The van der Waals surface area contributed by atoms with Crippen molar-refractivity contribution in [2.45, 2.75) is 19.4 Å². The van der Waals surface area contributed by atoms with E-state index >= 15 is 0 Å². The molecule has 0 amide bonds. The van der Waals surface area contributed by atoms with Gasteiger partial charge in [0.05, 0.1) is 18.1 Å². The molecule has 0 aromatic carbocycles. The van der Waals surface area contributed by atoms with E-state index in [0.29, 0.717) is 4.99 Å². The van der Waals surface area contributed by atoms with Gasteiger partial charge in [-0.3, -0.25) is 4.98 Å². The van der Waals surface area contributed by atoms with Gasteiger partial charge in [0.25, 0.3) is 0 Å². The topological polar surface area (TPSA) is 64.1 Å². The number of aromatic nitrogens is 1. The highest BCUT2D eigenvalue weighted by molar-refractivity contribution is 7.80. The Bertz CT molecular complexity index is 525. The Hall–Kier alpha value is -1.88. The molecular weight excluding hydrogens is 246 g/mol. The van der Waals surface area contributed by atoms with Gasteiger partial charge in [-0.2, -0.15) is 0 Å². The SMILES string of the molecule is CC(Cc1ccco1)Nc1cnccc1C(N)=S. The quantitative estimate of drug-likeness (QED) is 0.809. The van der Waals surface area contributed by atoms with Gasteiger partial charge in [-0.15, -0.1) is 0 Å². The molecule has 0 saturated heterocycles. The van der Waals surface area contributed by atoms with Gasteiger partial charge in [0.2, 0.25) is 0 Å². The summed E-state index contributed by atoms with van der Waals surface area (Å²) in [5, 5.41) is 3.34. The van der Waals surface area contributed by atoms with Gasteiger partial charge in [-0.25, -0.2) is 0 Å². The van der Waals surface area contributed by atoms with Crippen molar-refractivity contribution in [1.29, 1.82) is 0 Å². The predicted molar refractivity (Wildman–Crippen MR) is 75.6 cm³/mol. The minimum absolute atomic E-state index is 0.202. The Morgan fingerprint density at radius 3 is 3.06 bits per heavy atom. The van der Waals surface area contributed by atoms with E-state index in [2.05, 4.69) is 17.2 Å². The van der Waals surface area contributed by atoms with Crippen molar-refractivity contribution in [3.8, 4) is 0 Å². The summed E-state index contributed by atoms with van der Waals surface area (Å²) in [6.07, 6.45) is 5.87. The Morgan fingerprint density at radius 1 is 1.56 bits per heavy atom. The highest BCUT2D eigenvalue weighted by Crippen LogP contribution is 2.16. The van der Waals surface area contributed by atoms with E-state index in [-0.39, 0.29) is 6.04 Å². The zero-order valence-corrected chi connectivity index (χ0v) is 10.9. The average molecular weight is 261 g/mol. The third kappa shape index (κ3) is 3.07. The van der Waals surface area contributed by atoms with E-state index in [1.54, 1.807) is 18.7 Å². The first-order valence-corrected chi connectivity index (χ1v) is 6.10. The third-order valence-corrected chi connectivity index (χ3v) is 2.80. The van der Waals surface area contributed by atoms with E-state index in [1.807, 2.05) is 18.2 Å². The van der Waals surface area contributed by atoms with Gasteiger partial charge in [-0.1, -0.05) is 12.2 Å². The number of pyridine rings is 1. The number of nitrogens with zero attached hydrogens (tertiary/aromatic N) is 1. The number of rotatable bonds is 5. The number of hydrogen-bond donors (Lipinski definition) is 2. The molecule has 0 radical (unpaired) electrons. The van der Waals surface area contributed by atoms with Crippen LogP contribution in [0.1, 0.15) is 18.2 Å². The molecule has 18 heavy (non-hydrogen) atoms. The van der Waals surface area contributed by atoms with Gasteiger partial charge < -0.3 is 15.5 Å². The van der Waals surface area contributed by atoms with Gasteiger partial charge in [0.1, 0.15) is 10.7 Å². The number of nitrogens with two attached hydrogens (primary N) is 1. The lowest BCUT2D eigenvalue weighted by Gasteiger charge is -2.16. The molecule has 0 saturated carbocycles. The molecule has 1 unspecified atom stereocenters. The highest BCUT2D eigenvalue weighted by Gasteiger charge is 2.09. The second-order valence-corrected chi connectivity index (χ2v) is 4.55. The smallest absolute Gasteiger partial charge is 0.106 e. The van der Waals surface area contributed by atoms with Crippen LogP contribution in [0.25, 0.3) is 0 Å². The van der Waals surface area contributed by atoms with Gasteiger partial charge >= 0.3 is 0 Å². The van der Waals surface area contributed by atoms with Crippen LogP contribution in [0, 0.1) is 0 Å². The number of furan rings is 1. The minimum atomic E-state index is 0.202. The third-order valence-electron chi connectivity index (χ3n) is 2.58. The molecule has 2 heterocycles. The molecule has 0 aliphatic carbocycles. The first-order chi connectivity index (χ1) is 8.66.